The number of carboxylic acid groups (broad SMARTS) is 1. The number of nitrogens with one attached hydrogen (secondary N) is 2. The van der Waals surface area contributed by atoms with E-state index in [1.165, 1.54) is 16.7 Å². The zero-order valence-electron chi connectivity index (χ0n) is 18.0. The lowest BCUT2D eigenvalue weighted by atomic mass is 10.00. The first-order valence-electron chi connectivity index (χ1n) is 10.4. The average Bonchev–Trinajstić information content (AvgIpc) is 3.23. The Labute approximate surface area is 189 Å². The second-order valence-electron chi connectivity index (χ2n) is 7.56. The van der Waals surface area contributed by atoms with Gasteiger partial charge in [0.2, 0.25) is 0 Å². The topological polar surface area (TPSA) is 129 Å². The molecule has 0 spiro atoms. The molecular weight excluding hydrogens is 432 g/mol. The Morgan fingerprint density at radius 3 is 2.94 bits per heavy atom. The van der Waals surface area contributed by atoms with Crippen LogP contribution in [0.5, 0.6) is 11.5 Å². The molecule has 11 heteroatoms. The van der Waals surface area contributed by atoms with Gasteiger partial charge in [-0.1, -0.05) is 0 Å². The molecule has 0 saturated carbocycles. The number of aryl methyl sites for hydroxylation is 1. The Kier molecular flexibility index (Phi) is 6.54. The number of amides is 1. The van der Waals surface area contributed by atoms with Crippen LogP contribution in [0.25, 0.3) is 11.2 Å². The van der Waals surface area contributed by atoms with Gasteiger partial charge in [0.15, 0.2) is 16.3 Å². The van der Waals surface area contributed by atoms with Crippen LogP contribution in [0.15, 0.2) is 34.6 Å². The highest BCUT2D eigenvalue weighted by atomic mass is 32.2. The smallest absolute Gasteiger partial charge is 0.407 e. The first-order chi connectivity index (χ1) is 15.5. The Balaban J connectivity index is 1.59. The number of H-pyrrole nitrogens is 1. The molecule has 32 heavy (non-hydrogen) atoms. The van der Waals surface area contributed by atoms with Gasteiger partial charge in [-0.2, -0.15) is 0 Å². The molecular formula is C21H26N6O4S. The van der Waals surface area contributed by atoms with Crippen LogP contribution < -0.4 is 15.0 Å². The minimum atomic E-state index is -0.866. The number of methoxy groups -OCH3 is 2. The Morgan fingerprint density at radius 1 is 1.34 bits per heavy atom. The number of nitrogens with zero attached hydrogens (tertiary/aromatic N) is 4. The SMILES string of the molecule is COc1ccc(OC)c(Sc2nc3c([nH]2)c(=N)ncn3CCC2CCCCN2C(=O)O)c1. The largest absolute Gasteiger partial charge is 0.497 e. The minimum Gasteiger partial charge on any atom is -0.497 e. The summed E-state index contributed by atoms with van der Waals surface area (Å²) in [5.74, 6) is 1.40. The van der Waals surface area contributed by atoms with E-state index in [1.807, 2.05) is 22.8 Å². The highest BCUT2D eigenvalue weighted by Crippen LogP contribution is 2.36. The number of aromatic nitrogens is 4. The molecule has 3 aromatic rings. The van der Waals surface area contributed by atoms with Crippen LogP contribution in [0.3, 0.4) is 0 Å². The number of hydrogen-bond donors (Lipinski definition) is 3. The van der Waals surface area contributed by atoms with E-state index >= 15 is 0 Å². The van der Waals surface area contributed by atoms with Crippen LogP contribution in [0.2, 0.25) is 0 Å². The summed E-state index contributed by atoms with van der Waals surface area (Å²) < 4.78 is 12.6. The standard InChI is InChI=1S/C21H26N6O4S/c1-30-14-6-7-15(31-2)16(11-14)32-20-24-17-18(22)23-12-26(19(17)25-20)10-8-13-5-3-4-9-27(13)21(28)29/h6-7,11-13,22H,3-5,8-10H2,1-2H3,(H,24,25)(H,28,29). The quantitative estimate of drug-likeness (QED) is 0.495. The third-order valence-electron chi connectivity index (χ3n) is 5.65. The van der Waals surface area contributed by atoms with E-state index in [4.69, 9.17) is 19.9 Å². The molecule has 1 atom stereocenters. The van der Waals surface area contributed by atoms with E-state index < -0.39 is 6.09 Å². The Bertz CT molecular complexity index is 1180. The molecule has 1 aliphatic rings. The predicted molar refractivity (Wildman–Crippen MR) is 118 cm³/mol. The maximum atomic E-state index is 11.6. The lowest BCUT2D eigenvalue weighted by molar-refractivity contribution is 0.102. The van der Waals surface area contributed by atoms with Crippen LogP contribution in [0.4, 0.5) is 4.79 Å². The summed E-state index contributed by atoms with van der Waals surface area (Å²) in [6, 6.07) is 5.51. The van der Waals surface area contributed by atoms with Gasteiger partial charge in [-0.3, -0.25) is 5.41 Å². The van der Waals surface area contributed by atoms with Crippen LogP contribution in [-0.4, -0.2) is 62.4 Å². The maximum Gasteiger partial charge on any atom is 0.407 e. The highest BCUT2D eigenvalue weighted by molar-refractivity contribution is 7.99. The maximum absolute atomic E-state index is 11.6. The van der Waals surface area contributed by atoms with E-state index in [0.717, 1.165) is 24.2 Å². The zero-order chi connectivity index (χ0) is 22.7. The van der Waals surface area contributed by atoms with Gasteiger partial charge in [0.05, 0.1) is 25.4 Å². The molecule has 1 saturated heterocycles. The third-order valence-corrected chi connectivity index (χ3v) is 6.58. The second kappa shape index (κ2) is 9.51. The fraction of sp³-hybridized carbons (Fsp3) is 0.429. The van der Waals surface area contributed by atoms with E-state index in [0.29, 0.717) is 47.3 Å². The number of ether oxygens (including phenoxy) is 2. The molecule has 1 aromatic carbocycles. The number of likely N-dealkylation sites (tertiary alicyclic amines) is 1. The lowest BCUT2D eigenvalue weighted by Gasteiger charge is -2.33. The molecule has 1 fully saturated rings. The van der Waals surface area contributed by atoms with Crippen LogP contribution in [-0.2, 0) is 6.54 Å². The van der Waals surface area contributed by atoms with Gasteiger partial charge in [0.25, 0.3) is 0 Å². The van der Waals surface area contributed by atoms with E-state index in [2.05, 4.69) is 9.97 Å². The van der Waals surface area contributed by atoms with E-state index in [1.54, 1.807) is 20.5 Å². The van der Waals surface area contributed by atoms with Gasteiger partial charge >= 0.3 is 6.09 Å². The minimum absolute atomic E-state index is 0.0201. The van der Waals surface area contributed by atoms with Crippen LogP contribution in [0.1, 0.15) is 25.7 Å². The number of rotatable bonds is 7. The van der Waals surface area contributed by atoms with Gasteiger partial charge < -0.3 is 29.0 Å². The fourth-order valence-corrected chi connectivity index (χ4v) is 4.90. The summed E-state index contributed by atoms with van der Waals surface area (Å²) in [4.78, 5) is 26.0. The molecule has 10 nitrogen and oxygen atoms in total. The van der Waals surface area contributed by atoms with Gasteiger partial charge in [-0.15, -0.1) is 0 Å². The van der Waals surface area contributed by atoms with Gasteiger partial charge in [0, 0.05) is 19.1 Å². The molecule has 2 aromatic heterocycles. The number of hydrogen-bond acceptors (Lipinski definition) is 7. The monoisotopic (exact) mass is 458 g/mol. The summed E-state index contributed by atoms with van der Waals surface area (Å²) >= 11 is 1.38. The summed E-state index contributed by atoms with van der Waals surface area (Å²) in [6.07, 6.45) is 4.20. The van der Waals surface area contributed by atoms with E-state index in [9.17, 15) is 9.90 Å². The van der Waals surface area contributed by atoms with Gasteiger partial charge in [0.1, 0.15) is 17.0 Å². The highest BCUT2D eigenvalue weighted by Gasteiger charge is 2.26. The number of aromatic amines is 1. The molecule has 170 valence electrons. The first kappa shape index (κ1) is 22.0. The van der Waals surface area contributed by atoms with Crippen molar-refractivity contribution in [1.82, 2.24) is 24.4 Å². The molecule has 3 N–H and O–H groups in total. The van der Waals surface area contributed by atoms with Crippen molar-refractivity contribution in [3.05, 3.63) is 30.0 Å². The summed E-state index contributed by atoms with van der Waals surface area (Å²) in [6.45, 7) is 1.14. The average molecular weight is 459 g/mol. The van der Waals surface area contributed by atoms with Crippen LogP contribution in [0, 0.1) is 5.41 Å². The number of fused-ring (bicyclic) bond motifs is 1. The molecule has 0 radical (unpaired) electrons. The zero-order valence-corrected chi connectivity index (χ0v) is 18.8. The van der Waals surface area contributed by atoms with Gasteiger partial charge in [-0.25, -0.2) is 14.8 Å². The van der Waals surface area contributed by atoms with Crippen molar-refractivity contribution in [2.45, 2.75) is 48.3 Å². The number of piperidine rings is 1. The summed E-state index contributed by atoms with van der Waals surface area (Å²) in [5, 5.41) is 18.3. The van der Waals surface area contributed by atoms with Gasteiger partial charge in [-0.05, 0) is 55.6 Å². The molecule has 1 unspecified atom stereocenters. The van der Waals surface area contributed by atoms with Crippen molar-refractivity contribution in [2.75, 3.05) is 20.8 Å². The Morgan fingerprint density at radius 2 is 2.19 bits per heavy atom. The molecule has 3 heterocycles. The molecule has 0 aliphatic carbocycles. The number of carbonyl (C=O) groups is 1. The van der Waals surface area contributed by atoms with Crippen molar-refractivity contribution in [2.24, 2.45) is 0 Å². The van der Waals surface area contributed by atoms with Crippen molar-refractivity contribution in [3.8, 4) is 11.5 Å². The molecule has 0 bridgehead atoms. The molecule has 1 amide bonds. The first-order valence-corrected chi connectivity index (χ1v) is 11.2. The van der Waals surface area contributed by atoms with Crippen molar-refractivity contribution >= 4 is 29.0 Å². The Hall–Kier alpha value is -3.21. The van der Waals surface area contributed by atoms with Crippen molar-refractivity contribution < 1.29 is 19.4 Å². The third kappa shape index (κ3) is 4.52. The van der Waals surface area contributed by atoms with E-state index in [-0.39, 0.29) is 11.5 Å². The lowest BCUT2D eigenvalue weighted by Crippen LogP contribution is -2.43. The molecule has 1 aliphatic heterocycles. The van der Waals surface area contributed by atoms with Crippen molar-refractivity contribution in [3.63, 3.8) is 0 Å². The fourth-order valence-electron chi connectivity index (χ4n) is 3.98. The second-order valence-corrected chi connectivity index (χ2v) is 8.59. The predicted octanol–water partition coefficient (Wildman–Crippen LogP) is 3.33. The summed E-state index contributed by atoms with van der Waals surface area (Å²) in [5.41, 5.74) is 1.26. The number of benzene rings is 1. The summed E-state index contributed by atoms with van der Waals surface area (Å²) in [7, 11) is 3.21. The van der Waals surface area contributed by atoms with Crippen molar-refractivity contribution in [1.29, 1.82) is 5.41 Å². The molecule has 4 rings (SSSR count). The number of imidazole rings is 1. The normalized spacial score (nSPS) is 16.3. The van der Waals surface area contributed by atoms with Crippen LogP contribution >= 0.6 is 11.8 Å².